The van der Waals surface area contributed by atoms with E-state index in [1.54, 1.807) is 24.3 Å². The van der Waals surface area contributed by atoms with Crippen molar-refractivity contribution in [1.82, 2.24) is 4.90 Å². The molecule has 1 heterocycles. The van der Waals surface area contributed by atoms with Gasteiger partial charge in [-0.05, 0) is 42.9 Å². The van der Waals surface area contributed by atoms with E-state index in [9.17, 15) is 19.5 Å². The van der Waals surface area contributed by atoms with E-state index in [-0.39, 0.29) is 23.1 Å². The minimum absolute atomic E-state index is 0.108. The molecule has 142 valence electrons. The molecule has 1 aromatic rings. The van der Waals surface area contributed by atoms with Crippen LogP contribution in [0, 0.1) is 11.3 Å². The van der Waals surface area contributed by atoms with Gasteiger partial charge in [-0.25, -0.2) is 4.79 Å². The number of rotatable bonds is 4. The minimum Gasteiger partial charge on any atom is -0.480 e. The van der Waals surface area contributed by atoms with E-state index in [1.807, 2.05) is 27.7 Å². The fourth-order valence-corrected chi connectivity index (χ4v) is 2.97. The number of likely N-dealkylation sites (tertiary alicyclic amines) is 1. The molecule has 2 rings (SSSR count). The molecular formula is C20H28N2O4. The number of carboxylic acids is 1. The molecule has 0 radical (unpaired) electrons. The zero-order valence-electron chi connectivity index (χ0n) is 15.9. The molecular weight excluding hydrogens is 332 g/mol. The van der Waals surface area contributed by atoms with E-state index in [0.717, 1.165) is 12.8 Å². The van der Waals surface area contributed by atoms with Gasteiger partial charge >= 0.3 is 5.97 Å². The first kappa shape index (κ1) is 19.9. The van der Waals surface area contributed by atoms with Gasteiger partial charge in [-0.3, -0.25) is 9.59 Å². The van der Waals surface area contributed by atoms with Crippen LogP contribution in [-0.4, -0.2) is 40.4 Å². The fourth-order valence-electron chi connectivity index (χ4n) is 2.97. The lowest BCUT2D eigenvalue weighted by molar-refractivity contribution is -0.143. The Kier molecular flexibility index (Phi) is 6.05. The molecule has 1 saturated heterocycles. The van der Waals surface area contributed by atoms with E-state index in [2.05, 4.69) is 5.32 Å². The topological polar surface area (TPSA) is 86.7 Å². The summed E-state index contributed by atoms with van der Waals surface area (Å²) in [4.78, 5) is 38.0. The number of carboxylic acid groups (broad SMARTS) is 1. The van der Waals surface area contributed by atoms with Gasteiger partial charge in [0.05, 0.1) is 0 Å². The molecule has 0 saturated carbocycles. The Morgan fingerprint density at radius 1 is 1.23 bits per heavy atom. The van der Waals surface area contributed by atoms with Gasteiger partial charge < -0.3 is 15.3 Å². The molecule has 1 aliphatic heterocycles. The van der Waals surface area contributed by atoms with Crippen LogP contribution < -0.4 is 5.32 Å². The highest BCUT2D eigenvalue weighted by Gasteiger charge is 2.32. The summed E-state index contributed by atoms with van der Waals surface area (Å²) in [7, 11) is 0. The van der Waals surface area contributed by atoms with Crippen LogP contribution in [0.25, 0.3) is 0 Å². The molecule has 2 amide bonds. The molecule has 2 atom stereocenters. The molecule has 1 aromatic carbocycles. The highest BCUT2D eigenvalue weighted by atomic mass is 16.4. The van der Waals surface area contributed by atoms with Gasteiger partial charge in [0.2, 0.25) is 5.91 Å². The zero-order chi connectivity index (χ0) is 19.5. The van der Waals surface area contributed by atoms with Gasteiger partial charge in [-0.2, -0.15) is 0 Å². The van der Waals surface area contributed by atoms with Crippen molar-refractivity contribution in [3.8, 4) is 0 Å². The third-order valence-electron chi connectivity index (χ3n) is 5.12. The summed E-state index contributed by atoms with van der Waals surface area (Å²) in [6, 6.07) is 5.91. The summed E-state index contributed by atoms with van der Waals surface area (Å²) >= 11 is 0. The number of nitrogens with zero attached hydrogens (tertiary/aromatic N) is 1. The maximum atomic E-state index is 12.8. The third kappa shape index (κ3) is 4.62. The van der Waals surface area contributed by atoms with Gasteiger partial charge in [0, 0.05) is 23.7 Å². The van der Waals surface area contributed by atoms with Gasteiger partial charge in [0.25, 0.3) is 5.91 Å². The Bertz CT molecular complexity index is 693. The number of nitrogens with one attached hydrogen (secondary N) is 1. The number of aliphatic carboxylic acids is 1. The van der Waals surface area contributed by atoms with Crippen molar-refractivity contribution in [3.05, 3.63) is 29.8 Å². The molecule has 1 aliphatic rings. The van der Waals surface area contributed by atoms with E-state index < -0.39 is 12.0 Å². The maximum Gasteiger partial charge on any atom is 0.326 e. The predicted octanol–water partition coefficient (Wildman–Crippen LogP) is 3.39. The van der Waals surface area contributed by atoms with Crippen LogP contribution in [0.5, 0.6) is 0 Å². The zero-order valence-corrected chi connectivity index (χ0v) is 15.9. The number of amides is 2. The average molecular weight is 360 g/mol. The quantitative estimate of drug-likeness (QED) is 0.862. The molecule has 0 spiro atoms. The molecule has 0 aliphatic carbocycles. The fraction of sp³-hybridized carbons (Fsp3) is 0.550. The number of carbonyl (C=O) groups excluding carboxylic acids is 2. The van der Waals surface area contributed by atoms with Crippen molar-refractivity contribution >= 4 is 23.5 Å². The summed E-state index contributed by atoms with van der Waals surface area (Å²) in [5.74, 6) is -1.58. The standard InChI is InChI=1S/C20H28N2O4/c1-13(20(2,3)4)17(23)21-15-9-7-8-14(12-15)18(24)22-11-6-5-10-16(22)19(25)26/h7-9,12-13,16H,5-6,10-11H2,1-4H3,(H,21,23)(H,25,26). The first-order chi connectivity index (χ1) is 12.1. The first-order valence-electron chi connectivity index (χ1n) is 9.06. The number of carbonyl (C=O) groups is 3. The van der Waals surface area contributed by atoms with Crippen molar-refractivity contribution in [3.63, 3.8) is 0 Å². The Balaban J connectivity index is 2.16. The van der Waals surface area contributed by atoms with Crippen LogP contribution in [0.15, 0.2) is 24.3 Å². The number of hydrogen-bond donors (Lipinski definition) is 2. The third-order valence-corrected chi connectivity index (χ3v) is 5.12. The Morgan fingerprint density at radius 2 is 1.92 bits per heavy atom. The van der Waals surface area contributed by atoms with Gasteiger partial charge in [0.1, 0.15) is 6.04 Å². The lowest BCUT2D eigenvalue weighted by Crippen LogP contribution is -2.48. The van der Waals surface area contributed by atoms with Crippen LogP contribution in [0.2, 0.25) is 0 Å². The highest BCUT2D eigenvalue weighted by molar-refractivity contribution is 5.99. The molecule has 1 fully saturated rings. The summed E-state index contributed by atoms with van der Waals surface area (Å²) in [6.45, 7) is 8.31. The number of anilines is 1. The van der Waals surface area contributed by atoms with E-state index >= 15 is 0 Å². The van der Waals surface area contributed by atoms with Crippen molar-refractivity contribution in [2.45, 2.75) is 53.0 Å². The van der Waals surface area contributed by atoms with E-state index in [1.165, 1.54) is 4.90 Å². The van der Waals surface area contributed by atoms with Crippen molar-refractivity contribution in [1.29, 1.82) is 0 Å². The Labute approximate surface area is 154 Å². The minimum atomic E-state index is -0.971. The summed E-state index contributed by atoms with van der Waals surface area (Å²) < 4.78 is 0. The highest BCUT2D eigenvalue weighted by Crippen LogP contribution is 2.27. The van der Waals surface area contributed by atoms with Gasteiger partial charge in [0.15, 0.2) is 0 Å². The maximum absolute atomic E-state index is 12.8. The second-order valence-electron chi connectivity index (χ2n) is 8.01. The van der Waals surface area contributed by atoms with E-state index in [4.69, 9.17) is 0 Å². The lowest BCUT2D eigenvalue weighted by Gasteiger charge is -2.33. The molecule has 26 heavy (non-hydrogen) atoms. The van der Waals surface area contributed by atoms with E-state index in [0.29, 0.717) is 24.2 Å². The largest absolute Gasteiger partial charge is 0.480 e. The molecule has 2 N–H and O–H groups in total. The lowest BCUT2D eigenvalue weighted by atomic mass is 9.81. The number of piperidine rings is 1. The second kappa shape index (κ2) is 7.89. The molecule has 6 nitrogen and oxygen atoms in total. The normalized spacial score (nSPS) is 18.9. The monoisotopic (exact) mass is 360 g/mol. The predicted molar refractivity (Wildman–Crippen MR) is 100 cm³/mol. The molecule has 0 bridgehead atoms. The van der Waals surface area contributed by atoms with Crippen LogP contribution in [0.1, 0.15) is 57.3 Å². The molecule has 0 aromatic heterocycles. The smallest absolute Gasteiger partial charge is 0.326 e. The summed E-state index contributed by atoms with van der Waals surface area (Å²) in [6.07, 6.45) is 2.08. The summed E-state index contributed by atoms with van der Waals surface area (Å²) in [5.41, 5.74) is 0.764. The van der Waals surface area contributed by atoms with Crippen LogP contribution in [0.4, 0.5) is 5.69 Å². The summed E-state index contributed by atoms with van der Waals surface area (Å²) in [5, 5.41) is 12.2. The van der Waals surface area contributed by atoms with Crippen molar-refractivity contribution in [2.24, 2.45) is 11.3 Å². The van der Waals surface area contributed by atoms with Crippen LogP contribution in [0.3, 0.4) is 0 Å². The first-order valence-corrected chi connectivity index (χ1v) is 9.06. The van der Waals surface area contributed by atoms with Crippen LogP contribution in [-0.2, 0) is 9.59 Å². The van der Waals surface area contributed by atoms with Gasteiger partial charge in [-0.1, -0.05) is 33.8 Å². The van der Waals surface area contributed by atoms with Crippen molar-refractivity contribution in [2.75, 3.05) is 11.9 Å². The van der Waals surface area contributed by atoms with Crippen molar-refractivity contribution < 1.29 is 19.5 Å². The van der Waals surface area contributed by atoms with Crippen LogP contribution >= 0.6 is 0 Å². The average Bonchev–Trinajstić information content (AvgIpc) is 2.59. The Morgan fingerprint density at radius 3 is 2.54 bits per heavy atom. The van der Waals surface area contributed by atoms with Gasteiger partial charge in [-0.15, -0.1) is 0 Å². The molecule has 2 unspecified atom stereocenters. The number of hydrogen-bond acceptors (Lipinski definition) is 3. The Hall–Kier alpha value is -2.37. The number of benzene rings is 1. The SMILES string of the molecule is CC(C(=O)Nc1cccc(C(=O)N2CCCCC2C(=O)O)c1)C(C)(C)C. The molecule has 6 heteroatoms. The second-order valence-corrected chi connectivity index (χ2v) is 8.01.